The molecule has 1 rings (SSSR count). The fourth-order valence-corrected chi connectivity index (χ4v) is 2.53. The van der Waals surface area contributed by atoms with E-state index < -0.39 is 0 Å². The molecule has 0 aromatic rings. The van der Waals surface area contributed by atoms with Gasteiger partial charge in [-0.3, -0.25) is 4.90 Å². The van der Waals surface area contributed by atoms with Crippen LogP contribution < -0.4 is 0 Å². The van der Waals surface area contributed by atoms with Gasteiger partial charge in [-0.2, -0.15) is 11.8 Å². The smallest absolute Gasteiger partial charge is 0.0586 e. The minimum absolute atomic E-state index is 0.348. The van der Waals surface area contributed by atoms with Crippen molar-refractivity contribution in [3.05, 3.63) is 0 Å². The van der Waals surface area contributed by atoms with Crippen molar-refractivity contribution < 1.29 is 5.11 Å². The molecule has 1 fully saturated rings. The highest BCUT2D eigenvalue weighted by Crippen LogP contribution is 2.17. The van der Waals surface area contributed by atoms with Crippen LogP contribution in [0.4, 0.5) is 0 Å². The summed E-state index contributed by atoms with van der Waals surface area (Å²) in [7, 11) is 0. The third-order valence-corrected chi connectivity index (χ3v) is 3.63. The monoisotopic (exact) mass is 203 g/mol. The highest BCUT2D eigenvalue weighted by Gasteiger charge is 2.22. The first kappa shape index (κ1) is 11.3. The lowest BCUT2D eigenvalue weighted by Gasteiger charge is -2.22. The third kappa shape index (κ3) is 3.88. The van der Waals surface area contributed by atoms with Crippen LogP contribution in [0.15, 0.2) is 0 Å². The number of likely N-dealkylation sites (tertiary alicyclic amines) is 1. The van der Waals surface area contributed by atoms with Crippen LogP contribution in [0, 0.1) is 0 Å². The Morgan fingerprint density at radius 2 is 2.38 bits per heavy atom. The predicted molar refractivity (Wildman–Crippen MR) is 59.3 cm³/mol. The lowest BCUT2D eigenvalue weighted by molar-refractivity contribution is 0.159. The summed E-state index contributed by atoms with van der Waals surface area (Å²) in [5.74, 6) is 2.49. The fraction of sp³-hybridized carbons (Fsp3) is 1.00. The Morgan fingerprint density at radius 3 is 3.08 bits per heavy atom. The van der Waals surface area contributed by atoms with Crippen molar-refractivity contribution in [3.63, 3.8) is 0 Å². The van der Waals surface area contributed by atoms with E-state index in [4.69, 9.17) is 5.11 Å². The first-order valence-electron chi connectivity index (χ1n) is 5.31. The lowest BCUT2D eigenvalue weighted by atomic mass is 10.2. The largest absolute Gasteiger partial charge is 0.395 e. The second kappa shape index (κ2) is 6.68. The Morgan fingerprint density at radius 1 is 1.54 bits per heavy atom. The first-order chi connectivity index (χ1) is 6.38. The summed E-state index contributed by atoms with van der Waals surface area (Å²) in [5, 5.41) is 9.09. The molecule has 1 aliphatic rings. The van der Waals surface area contributed by atoms with Crippen LogP contribution in [-0.2, 0) is 0 Å². The average molecular weight is 203 g/mol. The lowest BCUT2D eigenvalue weighted by Crippen LogP contribution is -2.33. The maximum absolute atomic E-state index is 9.09. The quantitative estimate of drug-likeness (QED) is 0.663. The molecule has 0 amide bonds. The van der Waals surface area contributed by atoms with Crippen LogP contribution >= 0.6 is 11.8 Å². The summed E-state index contributed by atoms with van der Waals surface area (Å²) in [6.07, 6.45) is 3.73. The van der Waals surface area contributed by atoms with Gasteiger partial charge in [0.2, 0.25) is 0 Å². The summed E-state index contributed by atoms with van der Waals surface area (Å²) in [4.78, 5) is 2.44. The van der Waals surface area contributed by atoms with E-state index in [9.17, 15) is 0 Å². The van der Waals surface area contributed by atoms with E-state index in [0.29, 0.717) is 12.6 Å². The third-order valence-electron chi connectivity index (χ3n) is 2.65. The molecule has 0 spiro atoms. The zero-order chi connectivity index (χ0) is 9.52. The van der Waals surface area contributed by atoms with Gasteiger partial charge in [0.05, 0.1) is 6.61 Å². The molecule has 1 N–H and O–H groups in total. The Labute approximate surface area is 85.7 Å². The number of hydrogen-bond acceptors (Lipinski definition) is 3. The van der Waals surface area contributed by atoms with E-state index in [1.165, 1.54) is 43.9 Å². The van der Waals surface area contributed by atoms with Gasteiger partial charge in [-0.1, -0.05) is 6.92 Å². The van der Waals surface area contributed by atoms with E-state index >= 15 is 0 Å². The summed E-state index contributed by atoms with van der Waals surface area (Å²) in [5.41, 5.74) is 0. The van der Waals surface area contributed by atoms with E-state index in [2.05, 4.69) is 11.8 Å². The first-order valence-corrected chi connectivity index (χ1v) is 6.46. The molecule has 0 bridgehead atoms. The number of rotatable bonds is 6. The highest BCUT2D eigenvalue weighted by molar-refractivity contribution is 7.99. The van der Waals surface area contributed by atoms with Crippen molar-refractivity contribution in [2.24, 2.45) is 0 Å². The van der Waals surface area contributed by atoms with Gasteiger partial charge in [0.25, 0.3) is 0 Å². The van der Waals surface area contributed by atoms with E-state index in [1.54, 1.807) is 0 Å². The Bertz CT molecular complexity index is 132. The molecular formula is C10H21NOS. The molecule has 0 unspecified atom stereocenters. The van der Waals surface area contributed by atoms with Crippen LogP contribution in [0.5, 0.6) is 0 Å². The molecule has 1 atom stereocenters. The zero-order valence-corrected chi connectivity index (χ0v) is 9.35. The molecule has 0 saturated carbocycles. The molecule has 1 heterocycles. The van der Waals surface area contributed by atoms with Gasteiger partial charge in [0.1, 0.15) is 0 Å². The maximum atomic E-state index is 9.09. The normalized spacial score (nSPS) is 24.0. The maximum Gasteiger partial charge on any atom is 0.0586 e. The van der Waals surface area contributed by atoms with Crippen LogP contribution in [0.3, 0.4) is 0 Å². The number of thioether (sulfide) groups is 1. The Balaban J connectivity index is 2.06. The van der Waals surface area contributed by atoms with Crippen molar-refractivity contribution in [2.45, 2.75) is 32.2 Å². The zero-order valence-electron chi connectivity index (χ0n) is 8.54. The predicted octanol–water partition coefficient (Wildman–Crippen LogP) is 1.59. The van der Waals surface area contributed by atoms with Gasteiger partial charge >= 0.3 is 0 Å². The van der Waals surface area contributed by atoms with Gasteiger partial charge in [-0.05, 0) is 43.9 Å². The molecule has 0 aromatic carbocycles. The minimum atomic E-state index is 0.348. The molecule has 0 radical (unpaired) electrons. The highest BCUT2D eigenvalue weighted by atomic mass is 32.2. The molecule has 78 valence electrons. The number of hydrogen-bond donors (Lipinski definition) is 1. The topological polar surface area (TPSA) is 23.5 Å². The van der Waals surface area contributed by atoms with Crippen molar-refractivity contribution in [1.82, 2.24) is 4.90 Å². The number of aliphatic hydroxyl groups excluding tert-OH is 1. The van der Waals surface area contributed by atoms with Crippen LogP contribution in [0.1, 0.15) is 26.2 Å². The number of nitrogens with zero attached hydrogens (tertiary/aromatic N) is 1. The molecular weight excluding hydrogens is 182 g/mol. The summed E-state index contributed by atoms with van der Waals surface area (Å²) < 4.78 is 0. The molecule has 0 aliphatic carbocycles. The standard InChI is InChI=1S/C10H21NOS/c1-2-13-8-4-7-11-6-3-5-10(11)9-12/h10,12H,2-9H2,1H3/t10-/m0/s1. The van der Waals surface area contributed by atoms with Gasteiger partial charge in [-0.15, -0.1) is 0 Å². The van der Waals surface area contributed by atoms with Crippen LogP contribution in [0.2, 0.25) is 0 Å². The molecule has 2 nitrogen and oxygen atoms in total. The van der Waals surface area contributed by atoms with E-state index in [1.807, 2.05) is 11.8 Å². The summed E-state index contributed by atoms with van der Waals surface area (Å²) in [6, 6.07) is 0.464. The molecule has 3 heteroatoms. The Kier molecular flexibility index (Phi) is 5.83. The average Bonchev–Trinajstić information content (AvgIpc) is 2.60. The van der Waals surface area contributed by atoms with Crippen molar-refractivity contribution in [3.8, 4) is 0 Å². The number of aliphatic hydroxyl groups is 1. The van der Waals surface area contributed by atoms with Crippen molar-refractivity contribution >= 4 is 11.8 Å². The molecule has 1 aliphatic heterocycles. The van der Waals surface area contributed by atoms with Gasteiger partial charge in [0, 0.05) is 6.04 Å². The van der Waals surface area contributed by atoms with E-state index in [-0.39, 0.29) is 0 Å². The summed E-state index contributed by atoms with van der Waals surface area (Å²) >= 11 is 2.01. The summed E-state index contributed by atoms with van der Waals surface area (Å²) in [6.45, 7) is 4.93. The SMILES string of the molecule is CCSCCCN1CCC[C@H]1CO. The van der Waals surface area contributed by atoms with Crippen molar-refractivity contribution in [1.29, 1.82) is 0 Å². The van der Waals surface area contributed by atoms with E-state index in [0.717, 1.165) is 0 Å². The van der Waals surface area contributed by atoms with Gasteiger partial charge in [-0.25, -0.2) is 0 Å². The molecule has 13 heavy (non-hydrogen) atoms. The van der Waals surface area contributed by atoms with Gasteiger partial charge in [0.15, 0.2) is 0 Å². The second-order valence-electron chi connectivity index (χ2n) is 3.57. The van der Waals surface area contributed by atoms with Crippen LogP contribution in [-0.4, -0.2) is 47.3 Å². The fourth-order valence-electron chi connectivity index (χ4n) is 1.91. The minimum Gasteiger partial charge on any atom is -0.395 e. The van der Waals surface area contributed by atoms with Crippen molar-refractivity contribution in [2.75, 3.05) is 31.2 Å². The Hall–Kier alpha value is 0.270. The second-order valence-corrected chi connectivity index (χ2v) is 4.96. The molecule has 1 saturated heterocycles. The molecule has 0 aromatic heterocycles. The van der Waals surface area contributed by atoms with Gasteiger partial charge < -0.3 is 5.11 Å². The van der Waals surface area contributed by atoms with Crippen LogP contribution in [0.25, 0.3) is 0 Å².